The predicted octanol–water partition coefficient (Wildman–Crippen LogP) is 3.03. The molecule has 1 atom stereocenters. The van der Waals surface area contributed by atoms with E-state index in [4.69, 9.17) is 10.5 Å². The number of methoxy groups -OCH3 is 1. The third-order valence-electron chi connectivity index (χ3n) is 3.58. The number of amides is 1. The lowest BCUT2D eigenvalue weighted by Gasteiger charge is -2.14. The van der Waals surface area contributed by atoms with Gasteiger partial charge in [-0.2, -0.15) is 0 Å². The fourth-order valence-corrected chi connectivity index (χ4v) is 2.19. The second-order valence-electron chi connectivity index (χ2n) is 5.38. The Kier molecular flexibility index (Phi) is 5.42. The minimum atomic E-state index is -0.0674. The Labute approximate surface area is 131 Å². The second kappa shape index (κ2) is 7.50. The monoisotopic (exact) mass is 298 g/mol. The van der Waals surface area contributed by atoms with Gasteiger partial charge in [0, 0.05) is 17.3 Å². The first-order valence-corrected chi connectivity index (χ1v) is 7.38. The van der Waals surface area contributed by atoms with Crippen LogP contribution in [0.3, 0.4) is 0 Å². The maximum absolute atomic E-state index is 12.1. The van der Waals surface area contributed by atoms with Crippen molar-refractivity contribution in [3.05, 3.63) is 59.7 Å². The van der Waals surface area contributed by atoms with E-state index >= 15 is 0 Å². The molecule has 3 N–H and O–H groups in total. The molecule has 0 bridgehead atoms. The Morgan fingerprint density at radius 2 is 1.77 bits per heavy atom. The summed E-state index contributed by atoms with van der Waals surface area (Å²) in [5, 5.41) is 3.00. The van der Waals surface area contributed by atoms with Gasteiger partial charge >= 0.3 is 0 Å². The number of nitrogens with one attached hydrogen (secondary N) is 1. The summed E-state index contributed by atoms with van der Waals surface area (Å²) in [5.41, 5.74) is 8.14. The van der Waals surface area contributed by atoms with Crippen molar-refractivity contribution in [2.24, 2.45) is 0 Å². The average molecular weight is 298 g/mol. The Hall–Kier alpha value is -2.49. The van der Waals surface area contributed by atoms with Crippen molar-refractivity contribution in [1.29, 1.82) is 0 Å². The van der Waals surface area contributed by atoms with Crippen LogP contribution in [0.5, 0.6) is 5.75 Å². The van der Waals surface area contributed by atoms with Gasteiger partial charge in [-0.05, 0) is 61.7 Å². The number of benzene rings is 2. The number of anilines is 1. The smallest absolute Gasteiger partial charge is 0.251 e. The highest BCUT2D eigenvalue weighted by atomic mass is 16.5. The Morgan fingerprint density at radius 1 is 1.14 bits per heavy atom. The van der Waals surface area contributed by atoms with E-state index in [9.17, 15) is 4.79 Å². The summed E-state index contributed by atoms with van der Waals surface area (Å²) < 4.78 is 5.14. The third kappa shape index (κ3) is 4.52. The SMILES string of the molecule is COc1ccc(CCC(C)NC(=O)c2ccc(N)cc2)cc1. The summed E-state index contributed by atoms with van der Waals surface area (Å²) in [7, 11) is 1.66. The molecule has 2 rings (SSSR count). The Morgan fingerprint density at radius 3 is 2.36 bits per heavy atom. The van der Waals surface area contributed by atoms with Crippen LogP contribution in [0.1, 0.15) is 29.3 Å². The average Bonchev–Trinajstić information content (AvgIpc) is 2.54. The standard InChI is InChI=1S/C18H22N2O2/c1-13(3-4-14-5-11-17(22-2)12-6-14)20-18(21)15-7-9-16(19)10-8-15/h5-13H,3-4,19H2,1-2H3,(H,20,21). The molecule has 0 aliphatic rings. The van der Waals surface area contributed by atoms with Crippen molar-refractivity contribution < 1.29 is 9.53 Å². The molecule has 0 aliphatic carbocycles. The molecule has 116 valence electrons. The molecule has 4 heteroatoms. The van der Waals surface area contributed by atoms with Gasteiger partial charge in [-0.25, -0.2) is 0 Å². The molecular formula is C18H22N2O2. The maximum atomic E-state index is 12.1. The highest BCUT2D eigenvalue weighted by Crippen LogP contribution is 2.13. The number of carbonyl (C=O) groups excluding carboxylic acids is 1. The Bertz CT molecular complexity index is 606. The summed E-state index contributed by atoms with van der Waals surface area (Å²) in [6.45, 7) is 2.01. The third-order valence-corrected chi connectivity index (χ3v) is 3.58. The summed E-state index contributed by atoms with van der Waals surface area (Å²) in [6.07, 6.45) is 1.79. The van der Waals surface area contributed by atoms with Crippen LogP contribution in [0, 0.1) is 0 Å². The largest absolute Gasteiger partial charge is 0.497 e. The van der Waals surface area contributed by atoms with E-state index in [1.165, 1.54) is 5.56 Å². The molecule has 0 fully saturated rings. The van der Waals surface area contributed by atoms with Crippen LogP contribution in [-0.2, 0) is 6.42 Å². The van der Waals surface area contributed by atoms with Crippen LogP contribution in [0.15, 0.2) is 48.5 Å². The zero-order chi connectivity index (χ0) is 15.9. The first kappa shape index (κ1) is 15.9. The summed E-state index contributed by atoms with van der Waals surface area (Å²) in [4.78, 5) is 12.1. The van der Waals surface area contributed by atoms with Crippen molar-refractivity contribution in [1.82, 2.24) is 5.32 Å². The zero-order valence-electron chi connectivity index (χ0n) is 13.0. The fourth-order valence-electron chi connectivity index (χ4n) is 2.19. The van der Waals surface area contributed by atoms with Crippen molar-refractivity contribution in [3.63, 3.8) is 0 Å². The topological polar surface area (TPSA) is 64.3 Å². The van der Waals surface area contributed by atoms with Crippen LogP contribution in [-0.4, -0.2) is 19.1 Å². The lowest BCUT2D eigenvalue weighted by atomic mass is 10.1. The van der Waals surface area contributed by atoms with Crippen LogP contribution in [0.4, 0.5) is 5.69 Å². The molecule has 2 aromatic rings. The molecule has 0 spiro atoms. The molecule has 1 unspecified atom stereocenters. The normalized spacial score (nSPS) is 11.7. The van der Waals surface area contributed by atoms with E-state index in [0.717, 1.165) is 18.6 Å². The number of aryl methyl sites for hydroxylation is 1. The van der Waals surface area contributed by atoms with E-state index in [0.29, 0.717) is 11.3 Å². The van der Waals surface area contributed by atoms with Crippen molar-refractivity contribution in [3.8, 4) is 5.75 Å². The van der Waals surface area contributed by atoms with Crippen LogP contribution >= 0.6 is 0 Å². The number of ether oxygens (including phenoxy) is 1. The first-order chi connectivity index (χ1) is 10.6. The van der Waals surface area contributed by atoms with Gasteiger partial charge in [0.1, 0.15) is 5.75 Å². The van der Waals surface area contributed by atoms with Crippen LogP contribution < -0.4 is 15.8 Å². The second-order valence-corrected chi connectivity index (χ2v) is 5.38. The Balaban J connectivity index is 1.82. The molecule has 22 heavy (non-hydrogen) atoms. The summed E-state index contributed by atoms with van der Waals surface area (Å²) >= 11 is 0. The number of hydrogen-bond donors (Lipinski definition) is 2. The highest BCUT2D eigenvalue weighted by Gasteiger charge is 2.09. The lowest BCUT2D eigenvalue weighted by molar-refractivity contribution is 0.0938. The van der Waals surface area contributed by atoms with Crippen LogP contribution in [0.2, 0.25) is 0 Å². The van der Waals surface area contributed by atoms with E-state index < -0.39 is 0 Å². The summed E-state index contributed by atoms with van der Waals surface area (Å²) in [5.74, 6) is 0.788. The van der Waals surface area contributed by atoms with Gasteiger partial charge in [-0.3, -0.25) is 4.79 Å². The van der Waals surface area contributed by atoms with Crippen LogP contribution in [0.25, 0.3) is 0 Å². The number of carbonyl (C=O) groups is 1. The summed E-state index contributed by atoms with van der Waals surface area (Å²) in [6, 6.07) is 15.0. The van der Waals surface area contributed by atoms with Crippen molar-refractivity contribution in [2.45, 2.75) is 25.8 Å². The minimum Gasteiger partial charge on any atom is -0.497 e. The molecule has 0 aromatic heterocycles. The molecule has 2 aromatic carbocycles. The number of nitrogens with two attached hydrogens (primary N) is 1. The molecule has 0 radical (unpaired) electrons. The van der Waals surface area contributed by atoms with Crippen molar-refractivity contribution in [2.75, 3.05) is 12.8 Å². The van der Waals surface area contributed by atoms with E-state index in [-0.39, 0.29) is 11.9 Å². The van der Waals surface area contributed by atoms with E-state index in [1.807, 2.05) is 31.2 Å². The van der Waals surface area contributed by atoms with Gasteiger partial charge in [0.15, 0.2) is 0 Å². The molecule has 0 heterocycles. The first-order valence-electron chi connectivity index (χ1n) is 7.38. The van der Waals surface area contributed by atoms with Gasteiger partial charge < -0.3 is 15.8 Å². The van der Waals surface area contributed by atoms with E-state index in [2.05, 4.69) is 5.32 Å². The molecule has 0 saturated carbocycles. The minimum absolute atomic E-state index is 0.0674. The van der Waals surface area contributed by atoms with Gasteiger partial charge in [-0.1, -0.05) is 12.1 Å². The van der Waals surface area contributed by atoms with Gasteiger partial charge in [0.2, 0.25) is 0 Å². The number of rotatable bonds is 6. The predicted molar refractivity (Wildman–Crippen MR) is 89.1 cm³/mol. The molecule has 1 amide bonds. The quantitative estimate of drug-likeness (QED) is 0.806. The molecule has 4 nitrogen and oxygen atoms in total. The molecular weight excluding hydrogens is 276 g/mol. The number of nitrogen functional groups attached to an aromatic ring is 1. The van der Waals surface area contributed by atoms with Gasteiger partial charge in [-0.15, -0.1) is 0 Å². The highest BCUT2D eigenvalue weighted by molar-refractivity contribution is 5.94. The maximum Gasteiger partial charge on any atom is 0.251 e. The number of hydrogen-bond acceptors (Lipinski definition) is 3. The van der Waals surface area contributed by atoms with E-state index in [1.54, 1.807) is 31.4 Å². The molecule has 0 saturated heterocycles. The molecule has 0 aliphatic heterocycles. The fraction of sp³-hybridized carbons (Fsp3) is 0.278. The zero-order valence-corrected chi connectivity index (χ0v) is 13.0. The van der Waals surface area contributed by atoms with Gasteiger partial charge in [0.05, 0.1) is 7.11 Å². The van der Waals surface area contributed by atoms with Crippen molar-refractivity contribution >= 4 is 11.6 Å². The van der Waals surface area contributed by atoms with Gasteiger partial charge in [0.25, 0.3) is 5.91 Å². The lowest BCUT2D eigenvalue weighted by Crippen LogP contribution is -2.32.